The number of halogens is 1. The third-order valence-electron chi connectivity index (χ3n) is 4.94. The number of phenolic OH excluding ortho intramolecular Hbond substituents is 1. The predicted octanol–water partition coefficient (Wildman–Crippen LogP) is 5.27. The van der Waals surface area contributed by atoms with E-state index in [-0.39, 0.29) is 24.0 Å². The van der Waals surface area contributed by atoms with Crippen molar-refractivity contribution in [2.24, 2.45) is 0 Å². The van der Waals surface area contributed by atoms with E-state index in [1.807, 2.05) is 0 Å². The number of rotatable bonds is 7. The number of carbonyl (C=O) groups excluding carboxylic acids is 2. The van der Waals surface area contributed by atoms with Crippen LogP contribution >= 0.6 is 11.6 Å². The van der Waals surface area contributed by atoms with Gasteiger partial charge in [-0.15, -0.1) is 0 Å². The molecule has 0 amide bonds. The van der Waals surface area contributed by atoms with E-state index >= 15 is 0 Å². The number of aromatic nitrogens is 1. The molecule has 29 heavy (non-hydrogen) atoms. The molecule has 1 heterocycles. The van der Waals surface area contributed by atoms with Crippen molar-refractivity contribution >= 4 is 34.4 Å². The first kappa shape index (κ1) is 20.9. The normalized spacial score (nSPS) is 11.0. The van der Waals surface area contributed by atoms with Crippen LogP contribution in [0.5, 0.6) is 5.75 Å². The van der Waals surface area contributed by atoms with Gasteiger partial charge in [0.05, 0.1) is 18.5 Å². The summed E-state index contributed by atoms with van der Waals surface area (Å²) < 4.78 is 6.91. The zero-order valence-electron chi connectivity index (χ0n) is 16.6. The number of hydrogen-bond donors (Lipinski definition) is 1. The second-order valence-corrected chi connectivity index (χ2v) is 7.45. The van der Waals surface area contributed by atoms with E-state index in [1.165, 1.54) is 6.07 Å². The first-order valence-corrected chi connectivity index (χ1v) is 10.1. The van der Waals surface area contributed by atoms with Crippen molar-refractivity contribution in [3.8, 4) is 5.75 Å². The number of ether oxygens (including phenoxy) is 1. The number of carbonyl (C=O) groups is 2. The molecule has 0 saturated carbocycles. The molecular formula is C23H24ClNO4. The third kappa shape index (κ3) is 4.62. The van der Waals surface area contributed by atoms with Crippen LogP contribution in [0.2, 0.25) is 5.02 Å². The number of esters is 1. The van der Waals surface area contributed by atoms with Crippen LogP contribution in [0.25, 0.3) is 10.9 Å². The number of benzene rings is 2. The quantitative estimate of drug-likeness (QED) is 0.423. The van der Waals surface area contributed by atoms with E-state index in [0.717, 1.165) is 19.3 Å². The topological polar surface area (TPSA) is 68.5 Å². The van der Waals surface area contributed by atoms with Crippen molar-refractivity contribution in [3.63, 3.8) is 0 Å². The highest BCUT2D eigenvalue weighted by Crippen LogP contribution is 2.30. The average molecular weight is 414 g/mol. The second-order valence-electron chi connectivity index (χ2n) is 7.02. The van der Waals surface area contributed by atoms with E-state index in [0.29, 0.717) is 39.4 Å². The zero-order valence-corrected chi connectivity index (χ0v) is 17.3. The lowest BCUT2D eigenvalue weighted by atomic mass is 10.1. The number of fused-ring (bicyclic) bond motifs is 1. The Bertz CT molecular complexity index is 1040. The van der Waals surface area contributed by atoms with E-state index in [9.17, 15) is 14.7 Å². The minimum Gasteiger partial charge on any atom is -0.508 e. The van der Waals surface area contributed by atoms with Crippen molar-refractivity contribution in [3.05, 3.63) is 64.3 Å². The second kappa shape index (κ2) is 9.14. The minimum absolute atomic E-state index is 0.0405. The van der Waals surface area contributed by atoms with Gasteiger partial charge < -0.3 is 9.84 Å². The predicted molar refractivity (Wildman–Crippen MR) is 114 cm³/mol. The molecule has 0 spiro atoms. The Labute approximate surface area is 174 Å². The number of unbranched alkanes of at least 4 members (excludes halogenated alkanes) is 2. The first-order chi connectivity index (χ1) is 13.9. The standard InChI is InChI=1S/C23H24ClNO4/c1-3-4-5-12-29-22(27)14-19-15(2)25(21-11-10-18(26)13-20(19)21)23(28)16-6-8-17(24)9-7-16/h6-11,13,26H,3-5,12,14H2,1-2H3. The molecule has 0 bridgehead atoms. The molecular weight excluding hydrogens is 390 g/mol. The summed E-state index contributed by atoms with van der Waals surface area (Å²) in [5, 5.41) is 11.2. The molecule has 0 saturated heterocycles. The molecule has 1 N–H and O–H groups in total. The monoisotopic (exact) mass is 413 g/mol. The molecule has 2 aromatic carbocycles. The summed E-state index contributed by atoms with van der Waals surface area (Å²) in [4.78, 5) is 25.5. The van der Waals surface area contributed by atoms with Crippen molar-refractivity contribution in [1.82, 2.24) is 4.57 Å². The maximum Gasteiger partial charge on any atom is 0.310 e. The molecule has 3 rings (SSSR count). The number of nitrogens with zero attached hydrogens (tertiary/aromatic N) is 1. The lowest BCUT2D eigenvalue weighted by Crippen LogP contribution is -2.14. The van der Waals surface area contributed by atoms with Crippen LogP contribution in [0, 0.1) is 6.92 Å². The highest BCUT2D eigenvalue weighted by Gasteiger charge is 2.22. The molecule has 0 radical (unpaired) electrons. The van der Waals surface area contributed by atoms with Gasteiger partial charge in [-0.2, -0.15) is 0 Å². The molecule has 0 unspecified atom stereocenters. The molecule has 0 aliphatic heterocycles. The van der Waals surface area contributed by atoms with Gasteiger partial charge in [-0.1, -0.05) is 31.4 Å². The van der Waals surface area contributed by atoms with Crippen LogP contribution in [0.1, 0.15) is 47.8 Å². The third-order valence-corrected chi connectivity index (χ3v) is 5.20. The molecule has 0 atom stereocenters. The fourth-order valence-corrected chi connectivity index (χ4v) is 3.54. The van der Waals surface area contributed by atoms with Gasteiger partial charge in [0.1, 0.15) is 5.75 Å². The number of hydrogen-bond acceptors (Lipinski definition) is 4. The SMILES string of the molecule is CCCCCOC(=O)Cc1c(C)n(C(=O)c2ccc(Cl)cc2)c2ccc(O)cc12. The lowest BCUT2D eigenvalue weighted by Gasteiger charge is -2.08. The average Bonchev–Trinajstić information content (AvgIpc) is 2.96. The minimum atomic E-state index is -0.342. The first-order valence-electron chi connectivity index (χ1n) is 9.71. The highest BCUT2D eigenvalue weighted by molar-refractivity contribution is 6.30. The Balaban J connectivity index is 1.97. The lowest BCUT2D eigenvalue weighted by molar-refractivity contribution is -0.142. The van der Waals surface area contributed by atoms with Crippen LogP contribution in [0.3, 0.4) is 0 Å². The van der Waals surface area contributed by atoms with E-state index in [1.54, 1.807) is 47.9 Å². The summed E-state index contributed by atoms with van der Waals surface area (Å²) >= 11 is 5.93. The Hall–Kier alpha value is -2.79. The van der Waals surface area contributed by atoms with Crippen LogP contribution < -0.4 is 0 Å². The largest absolute Gasteiger partial charge is 0.508 e. The van der Waals surface area contributed by atoms with Crippen LogP contribution in [-0.4, -0.2) is 28.2 Å². The van der Waals surface area contributed by atoms with Crippen molar-refractivity contribution in [2.75, 3.05) is 6.61 Å². The molecule has 5 nitrogen and oxygen atoms in total. The molecule has 0 aliphatic rings. The molecule has 0 fully saturated rings. The molecule has 1 aromatic heterocycles. The Morgan fingerprint density at radius 3 is 2.52 bits per heavy atom. The fourth-order valence-electron chi connectivity index (χ4n) is 3.41. The van der Waals surface area contributed by atoms with Crippen molar-refractivity contribution in [2.45, 2.75) is 39.5 Å². The van der Waals surface area contributed by atoms with E-state index in [2.05, 4.69) is 6.92 Å². The summed E-state index contributed by atoms with van der Waals surface area (Å²) in [6, 6.07) is 11.4. The highest BCUT2D eigenvalue weighted by atomic mass is 35.5. The van der Waals surface area contributed by atoms with Gasteiger partial charge in [-0.25, -0.2) is 0 Å². The van der Waals surface area contributed by atoms with E-state index < -0.39 is 0 Å². The van der Waals surface area contributed by atoms with Gasteiger partial charge in [-0.3, -0.25) is 14.2 Å². The Kier molecular flexibility index (Phi) is 6.60. The number of phenols is 1. The molecule has 6 heteroatoms. The van der Waals surface area contributed by atoms with Gasteiger partial charge in [0.25, 0.3) is 5.91 Å². The summed E-state index contributed by atoms with van der Waals surface area (Å²) in [7, 11) is 0. The summed E-state index contributed by atoms with van der Waals surface area (Å²) in [5.41, 5.74) is 2.44. The maximum absolute atomic E-state index is 13.2. The van der Waals surface area contributed by atoms with Gasteiger partial charge in [0, 0.05) is 21.7 Å². The molecule has 0 aliphatic carbocycles. The zero-order chi connectivity index (χ0) is 21.0. The van der Waals surface area contributed by atoms with Gasteiger partial charge >= 0.3 is 5.97 Å². The summed E-state index contributed by atoms with van der Waals surface area (Å²) in [6.07, 6.45) is 2.93. The van der Waals surface area contributed by atoms with Crippen LogP contribution in [0.15, 0.2) is 42.5 Å². The van der Waals surface area contributed by atoms with Gasteiger partial charge in [0.2, 0.25) is 0 Å². The Morgan fingerprint density at radius 1 is 1.10 bits per heavy atom. The summed E-state index contributed by atoms with van der Waals surface area (Å²) in [6.45, 7) is 4.27. The van der Waals surface area contributed by atoms with Crippen LogP contribution in [0.4, 0.5) is 0 Å². The van der Waals surface area contributed by atoms with Crippen LogP contribution in [-0.2, 0) is 16.0 Å². The van der Waals surface area contributed by atoms with Crippen molar-refractivity contribution < 1.29 is 19.4 Å². The Morgan fingerprint density at radius 2 is 1.83 bits per heavy atom. The fraction of sp³-hybridized carbons (Fsp3) is 0.304. The number of aromatic hydroxyl groups is 1. The van der Waals surface area contributed by atoms with Gasteiger partial charge in [0.15, 0.2) is 0 Å². The van der Waals surface area contributed by atoms with Gasteiger partial charge in [-0.05, 0) is 61.4 Å². The molecule has 3 aromatic rings. The smallest absolute Gasteiger partial charge is 0.310 e. The maximum atomic E-state index is 13.2. The summed E-state index contributed by atoms with van der Waals surface area (Å²) in [5.74, 6) is -0.492. The van der Waals surface area contributed by atoms with Crippen molar-refractivity contribution in [1.29, 1.82) is 0 Å². The molecule has 152 valence electrons. The van der Waals surface area contributed by atoms with E-state index in [4.69, 9.17) is 16.3 Å².